The van der Waals surface area contributed by atoms with Crippen molar-refractivity contribution in [1.29, 1.82) is 0 Å². The predicted molar refractivity (Wildman–Crippen MR) is 93.1 cm³/mol. The van der Waals surface area contributed by atoms with Gasteiger partial charge in [0.25, 0.3) is 0 Å². The van der Waals surface area contributed by atoms with Crippen LogP contribution in [-0.2, 0) is 17.6 Å². The minimum atomic E-state index is -0.146. The number of aryl methyl sites for hydroxylation is 2. The van der Waals surface area contributed by atoms with Crippen LogP contribution in [0.3, 0.4) is 0 Å². The van der Waals surface area contributed by atoms with E-state index in [9.17, 15) is 14.7 Å². The highest BCUT2D eigenvalue weighted by atomic mass is 16.5. The van der Waals surface area contributed by atoms with Crippen molar-refractivity contribution in [1.82, 2.24) is 5.16 Å². The van der Waals surface area contributed by atoms with Crippen LogP contribution in [0.1, 0.15) is 67.8 Å². The Kier molecular flexibility index (Phi) is 4.62. The average molecular weight is 344 g/mol. The number of fused-ring (bicyclic) bond motifs is 1. The molecule has 1 heterocycles. The van der Waals surface area contributed by atoms with Crippen LogP contribution in [0.2, 0.25) is 0 Å². The Balaban J connectivity index is 1.81. The summed E-state index contributed by atoms with van der Waals surface area (Å²) in [4.78, 5) is 28.8. The smallest absolute Gasteiger partial charge is 0.168 e. The van der Waals surface area contributed by atoms with Gasteiger partial charge in [0.05, 0.1) is 16.8 Å². The highest BCUT2D eigenvalue weighted by Crippen LogP contribution is 2.36. The fourth-order valence-corrected chi connectivity index (χ4v) is 3.72. The summed E-state index contributed by atoms with van der Waals surface area (Å²) in [5.74, 6) is 0.648. The zero-order valence-electron chi connectivity index (χ0n) is 15.0. The quantitative estimate of drug-likeness (QED) is 0.670. The molecule has 0 radical (unpaired) electrons. The molecular weight excluding hydrogens is 320 g/mol. The molecular formula is C19H24N2O4. The van der Waals surface area contributed by atoms with Crippen molar-refractivity contribution < 1.29 is 19.2 Å². The van der Waals surface area contributed by atoms with Gasteiger partial charge in [-0.05, 0) is 18.3 Å². The fourth-order valence-electron chi connectivity index (χ4n) is 3.72. The topological polar surface area (TPSA) is 92.8 Å². The van der Waals surface area contributed by atoms with Crippen molar-refractivity contribution in [3.05, 3.63) is 28.3 Å². The number of aromatic nitrogens is 1. The molecule has 0 saturated heterocycles. The zero-order valence-corrected chi connectivity index (χ0v) is 15.0. The van der Waals surface area contributed by atoms with E-state index in [1.54, 1.807) is 7.05 Å². The number of hydrogen-bond acceptors (Lipinski definition) is 6. The third-order valence-electron chi connectivity index (χ3n) is 4.93. The van der Waals surface area contributed by atoms with Crippen molar-refractivity contribution in [2.45, 2.75) is 58.8 Å². The molecule has 0 bridgehead atoms. The summed E-state index contributed by atoms with van der Waals surface area (Å²) in [6.45, 7) is 4.05. The number of aliphatic hydroxyl groups is 1. The van der Waals surface area contributed by atoms with Crippen LogP contribution in [-0.4, -0.2) is 34.6 Å². The van der Waals surface area contributed by atoms with E-state index in [0.29, 0.717) is 54.0 Å². The zero-order chi connectivity index (χ0) is 18.2. The summed E-state index contributed by atoms with van der Waals surface area (Å²) in [6.07, 6.45) is 3.68. The minimum Gasteiger partial charge on any atom is -0.511 e. The molecule has 0 aromatic carbocycles. The van der Waals surface area contributed by atoms with Crippen LogP contribution in [0.15, 0.2) is 20.8 Å². The summed E-state index contributed by atoms with van der Waals surface area (Å²) in [5.41, 5.74) is 1.99. The third-order valence-corrected chi connectivity index (χ3v) is 4.93. The van der Waals surface area contributed by atoms with Crippen molar-refractivity contribution in [3.63, 3.8) is 0 Å². The molecule has 1 N–H and O–H groups in total. The second-order valence-corrected chi connectivity index (χ2v) is 7.64. The first-order chi connectivity index (χ1) is 11.8. The Morgan fingerprint density at radius 1 is 1.24 bits per heavy atom. The van der Waals surface area contributed by atoms with E-state index in [1.165, 1.54) is 0 Å². The van der Waals surface area contributed by atoms with Gasteiger partial charge in [0, 0.05) is 44.9 Å². The van der Waals surface area contributed by atoms with Crippen molar-refractivity contribution in [2.75, 3.05) is 7.05 Å². The maximum absolute atomic E-state index is 12.5. The Labute approximate surface area is 147 Å². The standard InChI is InChI=1S/C19H24N2O4/c1-19(2)9-12(20-3)17(15(24)10-19)14(23)8-7-11-18-13(22)5-4-6-16(18)25-21-11/h23H,4-10H2,1-3H3/b17-14-,20-12?. The van der Waals surface area contributed by atoms with Gasteiger partial charge in [-0.15, -0.1) is 0 Å². The van der Waals surface area contributed by atoms with Crippen molar-refractivity contribution in [3.8, 4) is 0 Å². The molecule has 1 aromatic rings. The van der Waals surface area contributed by atoms with E-state index in [1.807, 2.05) is 13.8 Å². The van der Waals surface area contributed by atoms with Gasteiger partial charge in [0.15, 0.2) is 11.6 Å². The number of allylic oxidation sites excluding steroid dienone is 2. The van der Waals surface area contributed by atoms with Crippen molar-refractivity contribution in [2.24, 2.45) is 10.4 Å². The highest BCUT2D eigenvalue weighted by Gasteiger charge is 2.36. The van der Waals surface area contributed by atoms with Crippen LogP contribution in [0, 0.1) is 5.41 Å². The van der Waals surface area contributed by atoms with Gasteiger partial charge in [-0.25, -0.2) is 0 Å². The number of ketones is 2. The van der Waals surface area contributed by atoms with Gasteiger partial charge >= 0.3 is 0 Å². The van der Waals surface area contributed by atoms with Crippen LogP contribution in [0.4, 0.5) is 0 Å². The van der Waals surface area contributed by atoms with E-state index >= 15 is 0 Å². The lowest BCUT2D eigenvalue weighted by atomic mass is 9.73. The molecule has 3 rings (SSSR count). The normalized spacial score (nSPS) is 23.7. The first kappa shape index (κ1) is 17.6. The monoisotopic (exact) mass is 344 g/mol. The van der Waals surface area contributed by atoms with Gasteiger partial charge in [0.2, 0.25) is 0 Å². The van der Waals surface area contributed by atoms with Crippen molar-refractivity contribution >= 4 is 17.3 Å². The van der Waals surface area contributed by atoms with E-state index in [2.05, 4.69) is 10.1 Å². The Bertz CT molecular complexity index is 783. The lowest BCUT2D eigenvalue weighted by Gasteiger charge is -2.31. The van der Waals surface area contributed by atoms with Crippen LogP contribution in [0.25, 0.3) is 0 Å². The first-order valence-electron chi connectivity index (χ1n) is 8.74. The van der Waals surface area contributed by atoms with E-state index < -0.39 is 0 Å². The minimum absolute atomic E-state index is 0.0288. The fraction of sp³-hybridized carbons (Fsp3) is 0.579. The van der Waals surface area contributed by atoms with Gasteiger partial charge in [0.1, 0.15) is 11.5 Å². The Hall–Kier alpha value is -2.24. The number of aliphatic imine (C=N–C) groups is 1. The molecule has 2 aliphatic carbocycles. The van der Waals surface area contributed by atoms with Gasteiger partial charge in [-0.1, -0.05) is 19.0 Å². The number of carbonyl (C=O) groups is 2. The Morgan fingerprint density at radius 2 is 2.00 bits per heavy atom. The molecule has 1 saturated carbocycles. The molecule has 25 heavy (non-hydrogen) atoms. The molecule has 0 aliphatic heterocycles. The molecule has 0 spiro atoms. The van der Waals surface area contributed by atoms with Crippen LogP contribution < -0.4 is 0 Å². The second kappa shape index (κ2) is 6.58. The van der Waals surface area contributed by atoms with E-state index in [0.717, 1.165) is 12.8 Å². The number of carbonyl (C=O) groups excluding carboxylic acids is 2. The maximum Gasteiger partial charge on any atom is 0.168 e. The van der Waals surface area contributed by atoms with Crippen LogP contribution >= 0.6 is 0 Å². The second-order valence-electron chi connectivity index (χ2n) is 7.64. The molecule has 6 heteroatoms. The maximum atomic E-state index is 12.5. The summed E-state index contributed by atoms with van der Waals surface area (Å²) in [7, 11) is 1.64. The Morgan fingerprint density at radius 3 is 2.72 bits per heavy atom. The molecule has 134 valence electrons. The first-order valence-corrected chi connectivity index (χ1v) is 8.74. The predicted octanol–water partition coefficient (Wildman–Crippen LogP) is 3.40. The molecule has 0 atom stereocenters. The molecule has 0 unspecified atom stereocenters. The summed E-state index contributed by atoms with van der Waals surface area (Å²) < 4.78 is 5.27. The largest absolute Gasteiger partial charge is 0.511 e. The molecule has 1 aromatic heterocycles. The number of nitrogens with zero attached hydrogens (tertiary/aromatic N) is 2. The lowest BCUT2D eigenvalue weighted by molar-refractivity contribution is -0.117. The van der Waals surface area contributed by atoms with Gasteiger partial charge in [-0.3, -0.25) is 14.6 Å². The molecule has 6 nitrogen and oxygen atoms in total. The van der Waals surface area contributed by atoms with Gasteiger partial charge < -0.3 is 9.63 Å². The molecule has 1 fully saturated rings. The number of aliphatic hydroxyl groups excluding tert-OH is 1. The summed E-state index contributed by atoms with van der Waals surface area (Å²) in [5, 5.41) is 14.5. The number of hydrogen-bond donors (Lipinski definition) is 1. The summed E-state index contributed by atoms with van der Waals surface area (Å²) in [6, 6.07) is 0. The highest BCUT2D eigenvalue weighted by molar-refractivity contribution is 6.24. The van der Waals surface area contributed by atoms with Gasteiger partial charge in [-0.2, -0.15) is 0 Å². The number of rotatable bonds is 3. The number of Topliss-reactive ketones (excluding diaryl/α,β-unsaturated/α-hetero) is 2. The lowest BCUT2D eigenvalue weighted by Crippen LogP contribution is -2.32. The van der Waals surface area contributed by atoms with Crippen LogP contribution in [0.5, 0.6) is 0 Å². The molecule has 0 amide bonds. The SMILES string of the molecule is CN=C1CC(C)(C)CC(=O)/C1=C(\O)CCc1noc2c1C(=O)CCC2. The van der Waals surface area contributed by atoms with E-state index in [4.69, 9.17) is 4.52 Å². The summed E-state index contributed by atoms with van der Waals surface area (Å²) >= 11 is 0. The third kappa shape index (κ3) is 3.43. The average Bonchev–Trinajstić information content (AvgIpc) is 2.95. The van der Waals surface area contributed by atoms with E-state index in [-0.39, 0.29) is 29.2 Å². The molecule has 2 aliphatic rings.